The van der Waals surface area contributed by atoms with Crippen LogP contribution >= 0.6 is 11.6 Å². The van der Waals surface area contributed by atoms with Gasteiger partial charge < -0.3 is 20.9 Å². The van der Waals surface area contributed by atoms with Crippen molar-refractivity contribution in [3.63, 3.8) is 0 Å². The number of phenolic OH excluding ortho intramolecular Hbond substituents is 1. The summed E-state index contributed by atoms with van der Waals surface area (Å²) >= 11 is 5.82. The number of hydrogen-bond acceptors (Lipinski definition) is 6. The van der Waals surface area contributed by atoms with Crippen molar-refractivity contribution in [1.82, 2.24) is 10.9 Å². The van der Waals surface area contributed by atoms with Gasteiger partial charge in [0.25, 0.3) is 11.8 Å². The van der Waals surface area contributed by atoms with Gasteiger partial charge >= 0.3 is 0 Å². The highest BCUT2D eigenvalue weighted by Gasteiger charge is 2.28. The number of halogens is 2. The van der Waals surface area contributed by atoms with E-state index in [0.29, 0.717) is 17.7 Å². The van der Waals surface area contributed by atoms with E-state index in [9.17, 15) is 14.7 Å². The molecule has 36 heavy (non-hydrogen) atoms. The summed E-state index contributed by atoms with van der Waals surface area (Å²) in [5, 5.41) is 20.4. The molecule has 0 saturated carbocycles. The lowest BCUT2D eigenvalue weighted by Crippen LogP contribution is -2.46. The van der Waals surface area contributed by atoms with Crippen LogP contribution in [0.5, 0.6) is 11.5 Å². The van der Waals surface area contributed by atoms with E-state index in [1.165, 1.54) is 36.4 Å². The molecule has 0 spiro atoms. The van der Waals surface area contributed by atoms with E-state index in [4.69, 9.17) is 27.5 Å². The molecule has 0 heterocycles. The number of hydrogen-bond donors (Lipinski definition) is 6. The number of amidine groups is 1. The van der Waals surface area contributed by atoms with Crippen molar-refractivity contribution in [2.75, 3.05) is 11.9 Å². The summed E-state index contributed by atoms with van der Waals surface area (Å²) in [6, 6.07) is 6.88. The maximum atomic E-state index is 15.4. The van der Waals surface area contributed by atoms with Gasteiger partial charge in [-0.1, -0.05) is 37.8 Å². The average Bonchev–Trinajstić information content (AvgIpc) is 2.84. The molecule has 1 atom stereocenters. The van der Waals surface area contributed by atoms with Crippen LogP contribution in [0, 0.1) is 11.2 Å². The van der Waals surface area contributed by atoms with Gasteiger partial charge in [0.2, 0.25) is 0 Å². The summed E-state index contributed by atoms with van der Waals surface area (Å²) in [6.45, 7) is 8.99. The third-order valence-electron chi connectivity index (χ3n) is 4.71. The summed E-state index contributed by atoms with van der Waals surface area (Å²) in [7, 11) is 0. The van der Waals surface area contributed by atoms with Crippen molar-refractivity contribution in [2.24, 2.45) is 5.73 Å². The fourth-order valence-corrected chi connectivity index (χ4v) is 3.14. The molecular weight excluding hydrogens is 489 g/mol. The number of allylic oxidation sites excluding steroid dienone is 2. The number of phenols is 1. The van der Waals surface area contributed by atoms with Gasteiger partial charge in [-0.25, -0.2) is 4.39 Å². The van der Waals surface area contributed by atoms with E-state index < -0.39 is 23.7 Å². The number of carbonyl (C=O) groups excluding carboxylic acids is 2. The van der Waals surface area contributed by atoms with Crippen LogP contribution in [0.2, 0.25) is 0 Å². The van der Waals surface area contributed by atoms with Crippen LogP contribution in [0.1, 0.15) is 30.5 Å². The summed E-state index contributed by atoms with van der Waals surface area (Å²) < 4.78 is 20.7. The lowest BCUT2D eigenvalue weighted by Gasteiger charge is -2.22. The maximum Gasteiger partial charge on any atom is 0.271 e. The van der Waals surface area contributed by atoms with Gasteiger partial charge in [0.15, 0.2) is 11.6 Å². The molecule has 0 aliphatic rings. The van der Waals surface area contributed by atoms with Gasteiger partial charge in [-0.05, 0) is 42.8 Å². The molecule has 2 rings (SSSR count). The third kappa shape index (κ3) is 7.34. The Kier molecular flexibility index (Phi) is 10.1. The fraction of sp³-hybridized carbons (Fsp3) is 0.160. The molecule has 0 aliphatic carbocycles. The van der Waals surface area contributed by atoms with Gasteiger partial charge in [-0.2, -0.15) is 0 Å². The molecule has 0 aromatic heterocycles. The molecule has 0 fully saturated rings. The van der Waals surface area contributed by atoms with Gasteiger partial charge in [-0.3, -0.25) is 25.8 Å². The van der Waals surface area contributed by atoms with Crippen LogP contribution in [0.25, 0.3) is 0 Å². The maximum absolute atomic E-state index is 15.4. The van der Waals surface area contributed by atoms with Gasteiger partial charge in [0.1, 0.15) is 17.6 Å². The zero-order valence-electron chi connectivity index (χ0n) is 19.5. The molecule has 7 N–H and O–H groups in total. The Hall–Kier alpha value is -4.31. The molecule has 0 radical (unpaired) electrons. The van der Waals surface area contributed by atoms with Crippen LogP contribution in [-0.2, 0) is 9.59 Å². The number of ether oxygens (including phenoxy) is 1. The zero-order chi connectivity index (χ0) is 26.8. The van der Waals surface area contributed by atoms with Crippen molar-refractivity contribution in [2.45, 2.75) is 19.4 Å². The Morgan fingerprint density at radius 3 is 2.50 bits per heavy atom. The number of rotatable bonds is 11. The molecular formula is C25H27ClFN5O4. The molecule has 0 bridgehead atoms. The number of benzene rings is 2. The second-order valence-electron chi connectivity index (χ2n) is 7.43. The lowest BCUT2D eigenvalue weighted by atomic mass is 10.0. The predicted molar refractivity (Wildman–Crippen MR) is 137 cm³/mol. The van der Waals surface area contributed by atoms with Crippen molar-refractivity contribution in [3.05, 3.63) is 89.3 Å². The molecule has 11 heteroatoms. The lowest BCUT2D eigenvalue weighted by molar-refractivity contribution is -0.127. The number of amides is 2. The highest BCUT2D eigenvalue weighted by molar-refractivity contribution is 6.35. The number of hydrazine groups is 1. The second kappa shape index (κ2) is 13.0. The Morgan fingerprint density at radius 2 is 1.94 bits per heavy atom. The molecule has 9 nitrogen and oxygen atoms in total. The van der Waals surface area contributed by atoms with Crippen LogP contribution in [0.4, 0.5) is 10.1 Å². The molecule has 0 saturated heterocycles. The summed E-state index contributed by atoms with van der Waals surface area (Å²) in [5.41, 5.74) is 10.4. The van der Waals surface area contributed by atoms with Crippen LogP contribution in [0.3, 0.4) is 0 Å². The van der Waals surface area contributed by atoms with Crippen LogP contribution in [-0.4, -0.2) is 29.4 Å². The average molecular weight is 516 g/mol. The SMILES string of the molecule is C=C/C=C(\C(=C)Cl)C(=O)NNC(=O)C(Nc1ccc(C(=N)N)cc1)c1cc(O)cc(OCCC)c1F. The van der Waals surface area contributed by atoms with Crippen LogP contribution < -0.4 is 26.6 Å². The van der Waals surface area contributed by atoms with Crippen molar-refractivity contribution < 1.29 is 23.8 Å². The highest BCUT2D eigenvalue weighted by atomic mass is 35.5. The van der Waals surface area contributed by atoms with Gasteiger partial charge in [-0.15, -0.1) is 0 Å². The highest BCUT2D eigenvalue weighted by Crippen LogP contribution is 2.32. The molecule has 1 unspecified atom stereocenters. The normalized spacial score (nSPS) is 11.7. The first kappa shape index (κ1) is 27.9. The summed E-state index contributed by atoms with van der Waals surface area (Å²) in [5.74, 6) is -3.25. The summed E-state index contributed by atoms with van der Waals surface area (Å²) in [4.78, 5) is 25.6. The second-order valence-corrected chi connectivity index (χ2v) is 7.88. The minimum Gasteiger partial charge on any atom is -0.508 e. The topological polar surface area (TPSA) is 150 Å². The number of carbonyl (C=O) groups is 2. The number of aromatic hydroxyl groups is 1. The zero-order valence-corrected chi connectivity index (χ0v) is 20.3. The smallest absolute Gasteiger partial charge is 0.271 e. The monoisotopic (exact) mass is 515 g/mol. The van der Waals surface area contributed by atoms with E-state index in [0.717, 1.165) is 12.1 Å². The largest absolute Gasteiger partial charge is 0.508 e. The molecule has 2 amide bonds. The van der Waals surface area contributed by atoms with Gasteiger partial charge in [0, 0.05) is 27.9 Å². The summed E-state index contributed by atoms with van der Waals surface area (Å²) in [6.07, 6.45) is 3.21. The first-order valence-corrected chi connectivity index (χ1v) is 11.1. The Morgan fingerprint density at radius 1 is 1.28 bits per heavy atom. The van der Waals surface area contributed by atoms with E-state index in [-0.39, 0.29) is 40.1 Å². The Balaban J connectivity index is 2.42. The molecule has 0 aliphatic heterocycles. The molecule has 190 valence electrons. The predicted octanol–water partition coefficient (Wildman–Crippen LogP) is 3.77. The van der Waals surface area contributed by atoms with E-state index in [1.54, 1.807) is 0 Å². The van der Waals surface area contributed by atoms with E-state index >= 15 is 4.39 Å². The van der Waals surface area contributed by atoms with Crippen LogP contribution in [0.15, 0.2) is 72.3 Å². The Bertz CT molecular complexity index is 1200. The fourth-order valence-electron chi connectivity index (χ4n) is 2.99. The molecule has 2 aromatic rings. The Labute approximate surface area is 213 Å². The van der Waals surface area contributed by atoms with E-state index in [2.05, 4.69) is 29.3 Å². The number of nitrogen functional groups attached to an aromatic ring is 1. The first-order valence-electron chi connectivity index (χ1n) is 10.7. The van der Waals surface area contributed by atoms with E-state index in [1.807, 2.05) is 6.92 Å². The first-order chi connectivity index (χ1) is 17.1. The van der Waals surface area contributed by atoms with Gasteiger partial charge in [0.05, 0.1) is 12.2 Å². The standard InChI is InChI=1S/C25H27ClFN5O4/c1-4-6-18(14(3)26)24(34)31-32-25(35)22(30-16-9-7-15(8-10-16)23(28)29)19-12-17(33)13-20(21(19)27)36-11-5-2/h4,6-10,12-13,22,30,33H,1,3,5,11H2,2H3,(H3,28,29)(H,31,34)(H,32,35)/b18-6+. The quantitative estimate of drug-likeness (QED) is 0.0881. The number of nitrogens with two attached hydrogens (primary N) is 1. The number of nitrogens with one attached hydrogen (secondary N) is 4. The van der Waals surface area contributed by atoms with Crippen molar-refractivity contribution >= 4 is 34.9 Å². The minimum absolute atomic E-state index is 0.0462. The molecule has 2 aromatic carbocycles. The number of anilines is 1. The third-order valence-corrected chi connectivity index (χ3v) is 4.92. The van der Waals surface area contributed by atoms with Crippen molar-refractivity contribution in [1.29, 1.82) is 5.41 Å². The minimum atomic E-state index is -1.43. The van der Waals surface area contributed by atoms with Crippen molar-refractivity contribution in [3.8, 4) is 11.5 Å².